The summed E-state index contributed by atoms with van der Waals surface area (Å²) in [6.45, 7) is 6.91. The monoisotopic (exact) mass is 288 g/mol. The molecule has 0 aliphatic carbocycles. The molecular formula is C21H36. The predicted octanol–water partition coefficient (Wildman–Crippen LogP) is 7.27. The van der Waals surface area contributed by atoms with E-state index in [2.05, 4.69) is 45.0 Å². The van der Waals surface area contributed by atoms with Crippen LogP contribution >= 0.6 is 0 Å². The number of benzene rings is 1. The molecule has 0 heteroatoms. The van der Waals surface area contributed by atoms with Gasteiger partial charge in [0.2, 0.25) is 0 Å². The number of hydrogen-bond donors (Lipinski definition) is 0. The first-order valence-corrected chi connectivity index (χ1v) is 9.41. The fourth-order valence-corrected chi connectivity index (χ4v) is 3.25. The molecule has 120 valence electrons. The van der Waals surface area contributed by atoms with Crippen LogP contribution in [0.15, 0.2) is 24.3 Å². The molecule has 1 atom stereocenters. The summed E-state index contributed by atoms with van der Waals surface area (Å²) in [6, 6.07) is 9.25. The van der Waals surface area contributed by atoms with Crippen molar-refractivity contribution in [2.45, 2.75) is 97.3 Å². The van der Waals surface area contributed by atoms with E-state index in [0.717, 1.165) is 5.92 Å². The van der Waals surface area contributed by atoms with Crippen LogP contribution in [-0.4, -0.2) is 0 Å². The molecule has 0 bridgehead atoms. The third-order valence-corrected chi connectivity index (χ3v) is 4.61. The Balaban J connectivity index is 2.70. The highest BCUT2D eigenvalue weighted by molar-refractivity contribution is 5.30. The van der Waals surface area contributed by atoms with Crippen LogP contribution in [0.1, 0.15) is 102 Å². The van der Waals surface area contributed by atoms with Crippen molar-refractivity contribution < 1.29 is 0 Å². The maximum Gasteiger partial charge on any atom is -0.0159 e. The topological polar surface area (TPSA) is 0 Å². The van der Waals surface area contributed by atoms with Crippen molar-refractivity contribution in [3.05, 3.63) is 35.4 Å². The highest BCUT2D eigenvalue weighted by Crippen LogP contribution is 2.31. The average Bonchev–Trinajstić information content (AvgIpc) is 2.53. The van der Waals surface area contributed by atoms with Gasteiger partial charge >= 0.3 is 0 Å². The quantitative estimate of drug-likeness (QED) is 0.355. The number of rotatable bonds is 12. The van der Waals surface area contributed by atoms with Crippen molar-refractivity contribution in [3.63, 3.8) is 0 Å². The molecule has 0 fully saturated rings. The lowest BCUT2D eigenvalue weighted by Gasteiger charge is -2.21. The average molecular weight is 289 g/mol. The molecule has 1 aromatic rings. The molecule has 0 heterocycles. The van der Waals surface area contributed by atoms with Crippen LogP contribution in [0.25, 0.3) is 0 Å². The lowest BCUT2D eigenvalue weighted by atomic mass is 9.85. The fraction of sp³-hybridized carbons (Fsp3) is 0.714. The summed E-state index contributed by atoms with van der Waals surface area (Å²) < 4.78 is 0. The van der Waals surface area contributed by atoms with Gasteiger partial charge in [0.25, 0.3) is 0 Å². The molecule has 1 unspecified atom stereocenters. The fourth-order valence-electron chi connectivity index (χ4n) is 3.25. The normalized spacial score (nSPS) is 12.5. The minimum absolute atomic E-state index is 0.801. The van der Waals surface area contributed by atoms with E-state index in [1.807, 2.05) is 0 Å². The first kappa shape index (κ1) is 18.3. The molecule has 0 N–H and O–H groups in total. The Kier molecular flexibility index (Phi) is 10.3. The molecule has 0 saturated heterocycles. The van der Waals surface area contributed by atoms with Gasteiger partial charge in [0.05, 0.1) is 0 Å². The maximum atomic E-state index is 2.41. The van der Waals surface area contributed by atoms with Crippen molar-refractivity contribution in [3.8, 4) is 0 Å². The zero-order chi connectivity index (χ0) is 15.3. The third-order valence-electron chi connectivity index (χ3n) is 4.61. The van der Waals surface area contributed by atoms with Crippen LogP contribution in [0.4, 0.5) is 0 Å². The van der Waals surface area contributed by atoms with Crippen LogP contribution in [0.3, 0.4) is 0 Å². The molecule has 21 heavy (non-hydrogen) atoms. The molecule has 1 aromatic carbocycles. The molecule has 1 rings (SSSR count). The maximum absolute atomic E-state index is 2.41. The highest BCUT2D eigenvalue weighted by Gasteiger charge is 2.14. The van der Waals surface area contributed by atoms with Gasteiger partial charge in [0, 0.05) is 0 Å². The van der Waals surface area contributed by atoms with Crippen molar-refractivity contribution in [2.24, 2.45) is 0 Å². The largest absolute Gasteiger partial charge is 0.0654 e. The summed E-state index contributed by atoms with van der Waals surface area (Å²) in [5.74, 6) is 0.801. The predicted molar refractivity (Wildman–Crippen MR) is 96.1 cm³/mol. The molecule has 0 spiro atoms. The second kappa shape index (κ2) is 11.8. The molecule has 0 saturated carbocycles. The van der Waals surface area contributed by atoms with Crippen molar-refractivity contribution >= 4 is 0 Å². The first-order chi connectivity index (χ1) is 10.3. The van der Waals surface area contributed by atoms with E-state index < -0.39 is 0 Å². The molecule has 0 aromatic heterocycles. The summed E-state index contributed by atoms with van der Waals surface area (Å²) in [7, 11) is 0. The van der Waals surface area contributed by atoms with Gasteiger partial charge in [-0.1, -0.05) is 90.0 Å². The highest BCUT2D eigenvalue weighted by atomic mass is 14.2. The van der Waals surface area contributed by atoms with E-state index in [0.29, 0.717) is 0 Å². The number of hydrogen-bond acceptors (Lipinski definition) is 0. The van der Waals surface area contributed by atoms with Crippen molar-refractivity contribution in [2.75, 3.05) is 0 Å². The third kappa shape index (κ3) is 7.16. The molecule has 0 aliphatic rings. The summed E-state index contributed by atoms with van der Waals surface area (Å²) in [6.07, 6.45) is 14.9. The lowest BCUT2D eigenvalue weighted by molar-refractivity contribution is 0.505. The standard InChI is InChI=1S/C21H36/c1-4-7-10-11-16-19(14-8-5-2)21-18-13-12-17-20(21)15-9-6-3/h12-13,17-19H,4-11,14-16H2,1-3H3. The second-order valence-electron chi connectivity index (χ2n) is 6.49. The minimum atomic E-state index is 0.801. The van der Waals surface area contributed by atoms with Crippen LogP contribution in [0, 0.1) is 0 Å². The van der Waals surface area contributed by atoms with Gasteiger partial charge in [0.15, 0.2) is 0 Å². The zero-order valence-electron chi connectivity index (χ0n) is 14.7. The molecule has 0 nitrogen and oxygen atoms in total. The zero-order valence-corrected chi connectivity index (χ0v) is 14.7. The van der Waals surface area contributed by atoms with Crippen LogP contribution in [0.5, 0.6) is 0 Å². The van der Waals surface area contributed by atoms with E-state index in [4.69, 9.17) is 0 Å². The van der Waals surface area contributed by atoms with Gasteiger partial charge in [0.1, 0.15) is 0 Å². The smallest absolute Gasteiger partial charge is 0.0159 e. The van der Waals surface area contributed by atoms with Crippen LogP contribution < -0.4 is 0 Å². The van der Waals surface area contributed by atoms with E-state index in [1.54, 1.807) is 11.1 Å². The van der Waals surface area contributed by atoms with Gasteiger partial charge in [-0.15, -0.1) is 0 Å². The van der Waals surface area contributed by atoms with Gasteiger partial charge in [-0.25, -0.2) is 0 Å². The van der Waals surface area contributed by atoms with Crippen LogP contribution in [0.2, 0.25) is 0 Å². The second-order valence-corrected chi connectivity index (χ2v) is 6.49. The lowest BCUT2D eigenvalue weighted by Crippen LogP contribution is -2.04. The number of aryl methyl sites for hydroxylation is 1. The van der Waals surface area contributed by atoms with Gasteiger partial charge < -0.3 is 0 Å². The Morgan fingerprint density at radius 1 is 0.714 bits per heavy atom. The van der Waals surface area contributed by atoms with Gasteiger partial charge in [-0.2, -0.15) is 0 Å². The molecular weight excluding hydrogens is 252 g/mol. The van der Waals surface area contributed by atoms with Crippen molar-refractivity contribution in [1.82, 2.24) is 0 Å². The first-order valence-electron chi connectivity index (χ1n) is 9.41. The van der Waals surface area contributed by atoms with E-state index in [-0.39, 0.29) is 0 Å². The van der Waals surface area contributed by atoms with E-state index in [1.165, 1.54) is 70.6 Å². The van der Waals surface area contributed by atoms with Gasteiger partial charge in [-0.3, -0.25) is 0 Å². The Bertz CT molecular complexity index is 353. The van der Waals surface area contributed by atoms with E-state index >= 15 is 0 Å². The Morgan fingerprint density at radius 2 is 1.38 bits per heavy atom. The van der Waals surface area contributed by atoms with Crippen LogP contribution in [-0.2, 0) is 6.42 Å². The van der Waals surface area contributed by atoms with Gasteiger partial charge in [-0.05, 0) is 42.7 Å². The molecule has 0 aliphatic heterocycles. The summed E-state index contributed by atoms with van der Waals surface area (Å²) in [4.78, 5) is 0. The summed E-state index contributed by atoms with van der Waals surface area (Å²) in [5, 5.41) is 0. The van der Waals surface area contributed by atoms with E-state index in [9.17, 15) is 0 Å². The van der Waals surface area contributed by atoms with Crippen molar-refractivity contribution in [1.29, 1.82) is 0 Å². The Morgan fingerprint density at radius 3 is 2.10 bits per heavy atom. The Labute approximate surface area is 133 Å². The minimum Gasteiger partial charge on any atom is -0.0654 e. The summed E-state index contributed by atoms with van der Waals surface area (Å²) in [5.41, 5.74) is 3.28. The SMILES string of the molecule is CCCCCCC(CCCC)c1ccccc1CCCC. The number of unbranched alkanes of at least 4 members (excludes halogenated alkanes) is 5. The Hall–Kier alpha value is -0.780. The molecule has 0 radical (unpaired) electrons. The molecule has 0 amide bonds. The summed E-state index contributed by atoms with van der Waals surface area (Å²) >= 11 is 0.